The number of fused-ring (bicyclic) bond motifs is 4. The first kappa shape index (κ1) is 17.1. The zero-order valence-electron chi connectivity index (χ0n) is 15.9. The van der Waals surface area contributed by atoms with Gasteiger partial charge in [0.1, 0.15) is 0 Å². The smallest absolute Gasteiger partial charge is 0.338 e. The molecule has 0 radical (unpaired) electrons. The third-order valence-corrected chi connectivity index (χ3v) is 6.03. The fourth-order valence-corrected chi connectivity index (χ4v) is 4.77. The molecule has 3 aromatic carbocycles. The first-order chi connectivity index (χ1) is 13.8. The Hall–Kier alpha value is -3.07. The van der Waals surface area contributed by atoms with Crippen LogP contribution in [0.15, 0.2) is 72.8 Å². The Bertz CT molecular complexity index is 1080. The molecule has 0 saturated carbocycles. The number of rotatable bonds is 3. The van der Waals surface area contributed by atoms with Crippen LogP contribution in [0.2, 0.25) is 0 Å². The Balaban J connectivity index is 1.59. The molecular weight excluding hydrogens is 346 g/mol. The van der Waals surface area contributed by atoms with Gasteiger partial charge in [0.2, 0.25) is 0 Å². The summed E-state index contributed by atoms with van der Waals surface area (Å²) < 4.78 is 5.19. The molecule has 1 aliphatic heterocycles. The Kier molecular flexibility index (Phi) is 4.16. The van der Waals surface area contributed by atoms with E-state index in [1.165, 1.54) is 21.9 Å². The van der Waals surface area contributed by atoms with E-state index >= 15 is 0 Å². The number of ether oxygens (including phenoxy) is 1. The van der Waals surface area contributed by atoms with E-state index < -0.39 is 0 Å². The standard InChI is InChI=1S/C25H23NO2/c1-2-28-25(27)17-13-14-23-22(15-17)19-10-6-12-21(19)24(26-23)20-11-5-8-16-7-3-4-9-18(16)20/h3-11,13-15,19,21,24,26H,2,12H2,1H3. The number of anilines is 1. The van der Waals surface area contributed by atoms with E-state index in [1.807, 2.05) is 25.1 Å². The van der Waals surface area contributed by atoms with Crippen molar-refractivity contribution < 1.29 is 9.53 Å². The molecule has 3 aromatic rings. The Morgan fingerprint density at radius 1 is 1.07 bits per heavy atom. The molecule has 0 saturated heterocycles. The van der Waals surface area contributed by atoms with Gasteiger partial charge in [-0.2, -0.15) is 0 Å². The number of carbonyl (C=O) groups excluding carboxylic acids is 1. The second-order valence-electron chi connectivity index (χ2n) is 7.57. The van der Waals surface area contributed by atoms with E-state index in [9.17, 15) is 4.79 Å². The maximum Gasteiger partial charge on any atom is 0.338 e. The number of carbonyl (C=O) groups is 1. The lowest BCUT2D eigenvalue weighted by Crippen LogP contribution is -2.29. The summed E-state index contributed by atoms with van der Waals surface area (Å²) in [6.07, 6.45) is 5.62. The average molecular weight is 369 g/mol. The van der Waals surface area contributed by atoms with Gasteiger partial charge in [-0.3, -0.25) is 0 Å². The minimum atomic E-state index is -0.250. The molecule has 1 heterocycles. The van der Waals surface area contributed by atoms with E-state index in [0.717, 1.165) is 12.1 Å². The van der Waals surface area contributed by atoms with Crippen LogP contribution in [0.1, 0.15) is 46.8 Å². The molecule has 3 heteroatoms. The normalized spacial score (nSPS) is 22.4. The summed E-state index contributed by atoms with van der Waals surface area (Å²) >= 11 is 0. The van der Waals surface area contributed by atoms with Crippen LogP contribution in [0.5, 0.6) is 0 Å². The van der Waals surface area contributed by atoms with Crippen molar-refractivity contribution in [3.8, 4) is 0 Å². The van der Waals surface area contributed by atoms with Crippen LogP contribution in [0.4, 0.5) is 5.69 Å². The molecule has 1 N–H and O–H groups in total. The molecule has 0 bridgehead atoms. The van der Waals surface area contributed by atoms with Crippen LogP contribution in [0.3, 0.4) is 0 Å². The number of nitrogens with one attached hydrogen (secondary N) is 1. The predicted molar refractivity (Wildman–Crippen MR) is 113 cm³/mol. The molecule has 3 atom stereocenters. The van der Waals surface area contributed by atoms with E-state index in [2.05, 4.69) is 59.9 Å². The van der Waals surface area contributed by atoms with Gasteiger partial charge in [-0.15, -0.1) is 0 Å². The van der Waals surface area contributed by atoms with Crippen LogP contribution in [-0.2, 0) is 4.74 Å². The van der Waals surface area contributed by atoms with Crippen LogP contribution in [-0.4, -0.2) is 12.6 Å². The topological polar surface area (TPSA) is 38.3 Å². The molecule has 5 rings (SSSR count). The van der Waals surface area contributed by atoms with Crippen molar-refractivity contribution in [2.24, 2.45) is 5.92 Å². The second kappa shape index (κ2) is 6.83. The highest BCUT2D eigenvalue weighted by atomic mass is 16.5. The van der Waals surface area contributed by atoms with Gasteiger partial charge in [-0.05, 0) is 59.4 Å². The number of hydrogen-bond donors (Lipinski definition) is 1. The van der Waals surface area contributed by atoms with Crippen molar-refractivity contribution >= 4 is 22.4 Å². The summed E-state index contributed by atoms with van der Waals surface area (Å²) in [7, 11) is 0. The SMILES string of the molecule is CCOC(=O)c1ccc2c(c1)C1C=CCC1C(c1cccc3ccccc13)N2. The van der Waals surface area contributed by atoms with Crippen molar-refractivity contribution in [2.45, 2.75) is 25.3 Å². The number of allylic oxidation sites excluding steroid dienone is 2. The van der Waals surface area contributed by atoms with Gasteiger partial charge in [-0.1, -0.05) is 54.6 Å². The van der Waals surface area contributed by atoms with Gasteiger partial charge in [0.15, 0.2) is 0 Å². The average Bonchev–Trinajstić information content (AvgIpc) is 3.23. The first-order valence-corrected chi connectivity index (χ1v) is 9.98. The summed E-state index contributed by atoms with van der Waals surface area (Å²) in [4.78, 5) is 12.2. The zero-order valence-corrected chi connectivity index (χ0v) is 15.9. The molecule has 0 amide bonds. The Morgan fingerprint density at radius 3 is 2.82 bits per heavy atom. The van der Waals surface area contributed by atoms with Crippen molar-refractivity contribution in [1.29, 1.82) is 0 Å². The molecule has 3 unspecified atom stereocenters. The number of benzene rings is 3. The Morgan fingerprint density at radius 2 is 1.93 bits per heavy atom. The first-order valence-electron chi connectivity index (χ1n) is 9.98. The highest BCUT2D eigenvalue weighted by Gasteiger charge is 2.38. The van der Waals surface area contributed by atoms with Crippen LogP contribution in [0.25, 0.3) is 10.8 Å². The van der Waals surface area contributed by atoms with E-state index in [-0.39, 0.29) is 12.0 Å². The van der Waals surface area contributed by atoms with Gasteiger partial charge in [0.25, 0.3) is 0 Å². The zero-order chi connectivity index (χ0) is 19.1. The van der Waals surface area contributed by atoms with Crippen LogP contribution < -0.4 is 5.32 Å². The minimum absolute atomic E-state index is 0.243. The number of esters is 1. The van der Waals surface area contributed by atoms with Crippen molar-refractivity contribution in [3.05, 3.63) is 89.5 Å². The maximum atomic E-state index is 12.2. The van der Waals surface area contributed by atoms with E-state index in [0.29, 0.717) is 24.0 Å². The van der Waals surface area contributed by atoms with E-state index in [4.69, 9.17) is 4.74 Å². The highest BCUT2D eigenvalue weighted by Crippen LogP contribution is 2.50. The van der Waals surface area contributed by atoms with E-state index in [1.54, 1.807) is 0 Å². The third-order valence-electron chi connectivity index (χ3n) is 6.03. The monoisotopic (exact) mass is 369 g/mol. The quantitative estimate of drug-likeness (QED) is 0.465. The van der Waals surface area contributed by atoms with Crippen LogP contribution in [0, 0.1) is 5.92 Å². The molecule has 0 spiro atoms. The van der Waals surface area contributed by atoms with Gasteiger partial charge < -0.3 is 10.1 Å². The Labute approximate surface area is 165 Å². The summed E-state index contributed by atoms with van der Waals surface area (Å²) in [6.45, 7) is 2.23. The van der Waals surface area contributed by atoms with Gasteiger partial charge in [0, 0.05) is 11.6 Å². The van der Waals surface area contributed by atoms with Crippen LogP contribution >= 0.6 is 0 Å². The molecule has 1 aliphatic carbocycles. The lowest BCUT2D eigenvalue weighted by atomic mass is 9.76. The van der Waals surface area contributed by atoms with Gasteiger partial charge >= 0.3 is 5.97 Å². The summed E-state index contributed by atoms with van der Waals surface area (Å²) in [5.41, 5.74) is 4.28. The van der Waals surface area contributed by atoms with Gasteiger partial charge in [0.05, 0.1) is 18.2 Å². The fraction of sp³-hybridized carbons (Fsp3) is 0.240. The molecule has 140 valence electrons. The summed E-state index contributed by atoms with van der Waals surface area (Å²) in [5, 5.41) is 6.36. The maximum absolute atomic E-state index is 12.2. The fourth-order valence-electron chi connectivity index (χ4n) is 4.77. The minimum Gasteiger partial charge on any atom is -0.462 e. The summed E-state index contributed by atoms with van der Waals surface area (Å²) in [6, 6.07) is 21.3. The highest BCUT2D eigenvalue weighted by molar-refractivity contribution is 5.91. The number of hydrogen-bond acceptors (Lipinski definition) is 3. The van der Waals surface area contributed by atoms with Gasteiger partial charge in [-0.25, -0.2) is 4.79 Å². The largest absolute Gasteiger partial charge is 0.462 e. The lowest BCUT2D eigenvalue weighted by Gasteiger charge is -2.38. The molecule has 2 aliphatic rings. The molecular formula is C25H23NO2. The molecule has 0 aromatic heterocycles. The lowest BCUT2D eigenvalue weighted by molar-refractivity contribution is 0.0526. The predicted octanol–water partition coefficient (Wildman–Crippen LogP) is 5.84. The third kappa shape index (κ3) is 2.70. The van der Waals surface area contributed by atoms with Crippen molar-refractivity contribution in [1.82, 2.24) is 0 Å². The second-order valence-corrected chi connectivity index (χ2v) is 7.57. The molecule has 0 fully saturated rings. The van der Waals surface area contributed by atoms with Crippen molar-refractivity contribution in [2.75, 3.05) is 11.9 Å². The summed E-state index contributed by atoms with van der Waals surface area (Å²) in [5.74, 6) is 0.505. The molecule has 3 nitrogen and oxygen atoms in total. The molecule has 28 heavy (non-hydrogen) atoms. The van der Waals surface area contributed by atoms with Crippen molar-refractivity contribution in [3.63, 3.8) is 0 Å².